The Morgan fingerprint density at radius 2 is 2.08 bits per heavy atom. The molecular formula is C21H26O4. The first-order chi connectivity index (χ1) is 12.0. The van der Waals surface area contributed by atoms with Gasteiger partial charge in [-0.05, 0) is 42.7 Å². The van der Waals surface area contributed by atoms with Gasteiger partial charge in [-0.15, -0.1) is 0 Å². The van der Waals surface area contributed by atoms with Gasteiger partial charge in [0.05, 0.1) is 11.8 Å². The van der Waals surface area contributed by atoms with Crippen molar-refractivity contribution < 1.29 is 19.1 Å². The van der Waals surface area contributed by atoms with Crippen molar-refractivity contribution in [3.63, 3.8) is 0 Å². The molecule has 1 aliphatic carbocycles. The maximum Gasteiger partial charge on any atom is 0.316 e. The molecule has 134 valence electrons. The van der Waals surface area contributed by atoms with E-state index in [0.29, 0.717) is 5.92 Å². The number of ether oxygens (including phenoxy) is 2. The maximum atomic E-state index is 12.6. The molecule has 4 nitrogen and oxygen atoms in total. The summed E-state index contributed by atoms with van der Waals surface area (Å²) in [5.74, 6) is -0.0840. The lowest BCUT2D eigenvalue weighted by atomic mass is 9.68. The first-order valence-corrected chi connectivity index (χ1v) is 9.12. The Hall–Kier alpha value is -2.10. The largest absolute Gasteiger partial charge is 0.461 e. The van der Waals surface area contributed by atoms with Gasteiger partial charge < -0.3 is 9.47 Å². The molecule has 0 N–H and O–H groups in total. The van der Waals surface area contributed by atoms with Crippen LogP contribution in [0.5, 0.6) is 0 Å². The second kappa shape index (κ2) is 7.42. The van der Waals surface area contributed by atoms with Crippen LogP contribution in [0, 0.1) is 11.3 Å². The monoisotopic (exact) mass is 342 g/mol. The van der Waals surface area contributed by atoms with Crippen molar-refractivity contribution in [3.05, 3.63) is 47.5 Å². The topological polar surface area (TPSA) is 52.6 Å². The fraction of sp³-hybridized carbons (Fsp3) is 0.524. The average molecular weight is 342 g/mol. The highest BCUT2D eigenvalue weighted by molar-refractivity contribution is 5.86. The van der Waals surface area contributed by atoms with E-state index in [2.05, 4.69) is 19.9 Å². The highest BCUT2D eigenvalue weighted by Crippen LogP contribution is 2.51. The molecule has 0 bridgehead atoms. The normalized spacial score (nSPS) is 25.3. The molecule has 0 aromatic heterocycles. The van der Waals surface area contributed by atoms with Crippen LogP contribution in [0.4, 0.5) is 0 Å². The standard InChI is InChI=1S/C21H26O4/c1-15(2)13-21-11-7-6-10-17(21)18(25-20(21)23)12-19(22)24-14-16-8-4-3-5-9-16/h3-5,8-10,15,18H,6-7,11-14H2,1-2H3/t18-,21-/m1/s1. The second-order valence-electron chi connectivity index (χ2n) is 7.48. The number of benzene rings is 1. The molecule has 25 heavy (non-hydrogen) atoms. The minimum atomic E-state index is -0.517. The third-order valence-corrected chi connectivity index (χ3v) is 5.06. The number of esters is 2. The fourth-order valence-electron chi connectivity index (χ4n) is 4.07. The molecule has 1 aromatic carbocycles. The summed E-state index contributed by atoms with van der Waals surface area (Å²) in [6.45, 7) is 4.49. The van der Waals surface area contributed by atoms with E-state index in [1.807, 2.05) is 30.3 Å². The summed E-state index contributed by atoms with van der Waals surface area (Å²) in [4.78, 5) is 24.9. The Balaban J connectivity index is 1.65. The van der Waals surface area contributed by atoms with E-state index in [1.54, 1.807) is 0 Å². The summed E-state index contributed by atoms with van der Waals surface area (Å²) >= 11 is 0. The van der Waals surface area contributed by atoms with Gasteiger partial charge >= 0.3 is 11.9 Å². The Bertz CT molecular complexity index is 662. The Kier molecular flexibility index (Phi) is 5.26. The molecule has 2 atom stereocenters. The van der Waals surface area contributed by atoms with Gasteiger partial charge in [0.2, 0.25) is 0 Å². The molecule has 1 aliphatic heterocycles. The Labute approximate surface area is 149 Å². The van der Waals surface area contributed by atoms with E-state index in [0.717, 1.165) is 36.8 Å². The molecule has 0 amide bonds. The van der Waals surface area contributed by atoms with Gasteiger partial charge in [-0.1, -0.05) is 50.3 Å². The van der Waals surface area contributed by atoms with Crippen molar-refractivity contribution >= 4 is 11.9 Å². The molecule has 1 heterocycles. The lowest BCUT2D eigenvalue weighted by Gasteiger charge is -2.32. The SMILES string of the molecule is CC(C)C[C@]12CCCC=C1[C@@H](CC(=O)OCc1ccccc1)OC2=O. The number of fused-ring (bicyclic) bond motifs is 1. The van der Waals surface area contributed by atoms with E-state index < -0.39 is 11.5 Å². The van der Waals surface area contributed by atoms with Crippen molar-refractivity contribution in [2.24, 2.45) is 11.3 Å². The number of carbonyl (C=O) groups is 2. The van der Waals surface area contributed by atoms with Crippen LogP contribution in [0.1, 0.15) is 51.5 Å². The zero-order valence-electron chi connectivity index (χ0n) is 15.0. The van der Waals surface area contributed by atoms with Gasteiger partial charge in [-0.2, -0.15) is 0 Å². The number of hydrogen-bond donors (Lipinski definition) is 0. The van der Waals surface area contributed by atoms with Gasteiger partial charge in [0, 0.05) is 0 Å². The van der Waals surface area contributed by atoms with E-state index >= 15 is 0 Å². The fourth-order valence-corrected chi connectivity index (χ4v) is 4.07. The lowest BCUT2D eigenvalue weighted by Crippen LogP contribution is -2.32. The smallest absolute Gasteiger partial charge is 0.316 e. The minimum Gasteiger partial charge on any atom is -0.461 e. The molecule has 0 saturated carbocycles. The first-order valence-electron chi connectivity index (χ1n) is 9.12. The van der Waals surface area contributed by atoms with Crippen molar-refractivity contribution in [2.75, 3.05) is 0 Å². The van der Waals surface area contributed by atoms with Gasteiger partial charge in [0.1, 0.15) is 12.7 Å². The van der Waals surface area contributed by atoms with Crippen LogP contribution in [-0.2, 0) is 25.7 Å². The van der Waals surface area contributed by atoms with E-state index in [-0.39, 0.29) is 25.0 Å². The summed E-state index contributed by atoms with van der Waals surface area (Å²) in [7, 11) is 0. The summed E-state index contributed by atoms with van der Waals surface area (Å²) in [5, 5.41) is 0. The summed E-state index contributed by atoms with van der Waals surface area (Å²) < 4.78 is 11.0. The molecule has 1 saturated heterocycles. The van der Waals surface area contributed by atoms with Gasteiger partial charge in [-0.25, -0.2) is 0 Å². The quantitative estimate of drug-likeness (QED) is 0.575. The predicted molar refractivity (Wildman–Crippen MR) is 94.6 cm³/mol. The molecule has 0 spiro atoms. The van der Waals surface area contributed by atoms with Crippen LogP contribution in [0.3, 0.4) is 0 Å². The minimum absolute atomic E-state index is 0.101. The van der Waals surface area contributed by atoms with Gasteiger partial charge in [0.25, 0.3) is 0 Å². The predicted octanol–water partition coefficient (Wildman–Crippen LogP) is 4.19. The van der Waals surface area contributed by atoms with Crippen LogP contribution in [0.15, 0.2) is 42.0 Å². The summed E-state index contributed by atoms with van der Waals surface area (Å²) in [6, 6.07) is 9.58. The van der Waals surface area contributed by atoms with E-state index in [4.69, 9.17) is 9.47 Å². The first kappa shape index (κ1) is 17.7. The second-order valence-corrected chi connectivity index (χ2v) is 7.48. The highest BCUT2D eigenvalue weighted by Gasteiger charge is 2.54. The highest BCUT2D eigenvalue weighted by atomic mass is 16.6. The van der Waals surface area contributed by atoms with Crippen molar-refractivity contribution in [3.8, 4) is 0 Å². The van der Waals surface area contributed by atoms with E-state index in [9.17, 15) is 9.59 Å². The molecule has 1 fully saturated rings. The lowest BCUT2D eigenvalue weighted by molar-refractivity contribution is -0.153. The third kappa shape index (κ3) is 3.78. The molecule has 0 radical (unpaired) electrons. The molecule has 1 aromatic rings. The molecule has 4 heteroatoms. The van der Waals surface area contributed by atoms with Crippen LogP contribution in [-0.4, -0.2) is 18.0 Å². The maximum absolute atomic E-state index is 12.6. The molecule has 2 aliphatic rings. The number of rotatable bonds is 6. The Morgan fingerprint density at radius 1 is 1.32 bits per heavy atom. The van der Waals surface area contributed by atoms with Crippen molar-refractivity contribution in [2.45, 2.75) is 58.7 Å². The van der Waals surface area contributed by atoms with Crippen LogP contribution >= 0.6 is 0 Å². The van der Waals surface area contributed by atoms with Crippen molar-refractivity contribution in [1.82, 2.24) is 0 Å². The molecule has 0 unspecified atom stereocenters. The molecule has 3 rings (SSSR count). The molecular weight excluding hydrogens is 316 g/mol. The van der Waals surface area contributed by atoms with E-state index in [1.165, 1.54) is 0 Å². The van der Waals surface area contributed by atoms with Gasteiger partial charge in [-0.3, -0.25) is 9.59 Å². The van der Waals surface area contributed by atoms with Crippen LogP contribution in [0.2, 0.25) is 0 Å². The Morgan fingerprint density at radius 3 is 2.80 bits per heavy atom. The third-order valence-electron chi connectivity index (χ3n) is 5.06. The van der Waals surface area contributed by atoms with Crippen LogP contribution in [0.25, 0.3) is 0 Å². The van der Waals surface area contributed by atoms with Crippen LogP contribution < -0.4 is 0 Å². The number of allylic oxidation sites excluding steroid dienone is 1. The average Bonchev–Trinajstić information content (AvgIpc) is 2.85. The number of cyclic esters (lactones) is 1. The summed E-state index contributed by atoms with van der Waals surface area (Å²) in [6.07, 6.45) is 5.31. The zero-order chi connectivity index (χ0) is 17.9. The zero-order valence-corrected chi connectivity index (χ0v) is 15.0. The van der Waals surface area contributed by atoms with Crippen molar-refractivity contribution in [1.29, 1.82) is 0 Å². The number of hydrogen-bond acceptors (Lipinski definition) is 4. The summed E-state index contributed by atoms with van der Waals surface area (Å²) in [5.41, 5.74) is 1.44. The van der Waals surface area contributed by atoms with Gasteiger partial charge in [0.15, 0.2) is 0 Å². The number of carbonyl (C=O) groups excluding carboxylic acids is 2.